The van der Waals surface area contributed by atoms with Gasteiger partial charge in [-0.05, 0) is 40.2 Å². The zero-order valence-corrected chi connectivity index (χ0v) is 12.2. The van der Waals surface area contributed by atoms with Crippen molar-refractivity contribution >= 4 is 49.2 Å². The van der Waals surface area contributed by atoms with Crippen molar-refractivity contribution in [3.05, 3.63) is 51.2 Å². The topological polar surface area (TPSA) is 62.2 Å². The molecule has 0 atom stereocenters. The highest BCUT2D eigenvalue weighted by Crippen LogP contribution is 2.29. The maximum atomic E-state index is 11.1. The largest absolute Gasteiger partial charge is 0.478 e. The average Bonchev–Trinajstić information content (AvgIpc) is 2.34. The molecule has 0 aliphatic heterocycles. The fourth-order valence-electron chi connectivity index (χ4n) is 1.42. The van der Waals surface area contributed by atoms with Crippen LogP contribution in [0.25, 0.3) is 0 Å². The molecule has 0 spiro atoms. The molecule has 0 saturated carbocycles. The smallest absolute Gasteiger partial charge is 0.337 e. The molecule has 0 radical (unpaired) electrons. The minimum absolute atomic E-state index is 0.178. The van der Waals surface area contributed by atoms with E-state index in [1.165, 1.54) is 18.5 Å². The summed E-state index contributed by atoms with van der Waals surface area (Å²) in [5.41, 5.74) is 1.39. The summed E-state index contributed by atoms with van der Waals surface area (Å²) in [4.78, 5) is 15.0. The molecule has 18 heavy (non-hydrogen) atoms. The number of carbonyl (C=O) groups is 1. The minimum atomic E-state index is -0.994. The molecule has 0 amide bonds. The number of benzene rings is 1. The third-order valence-corrected chi connectivity index (χ3v) is 3.43. The third kappa shape index (κ3) is 2.88. The van der Waals surface area contributed by atoms with E-state index in [0.29, 0.717) is 5.69 Å². The Morgan fingerprint density at radius 3 is 2.72 bits per heavy atom. The van der Waals surface area contributed by atoms with Gasteiger partial charge in [0.25, 0.3) is 0 Å². The molecule has 2 aromatic rings. The van der Waals surface area contributed by atoms with Crippen LogP contribution in [0.2, 0.25) is 0 Å². The lowest BCUT2D eigenvalue weighted by molar-refractivity contribution is 0.0698. The first kappa shape index (κ1) is 13.0. The summed E-state index contributed by atoms with van der Waals surface area (Å²) in [6.45, 7) is 0. The quantitative estimate of drug-likeness (QED) is 0.854. The Morgan fingerprint density at radius 1 is 1.22 bits per heavy atom. The van der Waals surface area contributed by atoms with E-state index in [1.54, 1.807) is 0 Å². The lowest BCUT2D eigenvalue weighted by Crippen LogP contribution is -2.03. The van der Waals surface area contributed by atoms with Crippen LogP contribution in [-0.2, 0) is 0 Å². The molecule has 0 saturated heterocycles. The number of hydrogen-bond acceptors (Lipinski definition) is 3. The van der Waals surface area contributed by atoms with Crippen molar-refractivity contribution in [2.45, 2.75) is 0 Å². The third-order valence-electron chi connectivity index (χ3n) is 2.25. The number of pyridine rings is 1. The van der Waals surface area contributed by atoms with Gasteiger partial charge in [-0.2, -0.15) is 0 Å². The Bertz CT molecular complexity index is 602. The summed E-state index contributed by atoms with van der Waals surface area (Å²) in [5.74, 6) is -0.994. The maximum Gasteiger partial charge on any atom is 0.337 e. The second-order valence-electron chi connectivity index (χ2n) is 3.48. The number of nitrogens with zero attached hydrogens (tertiary/aromatic N) is 1. The van der Waals surface area contributed by atoms with Gasteiger partial charge in [0.1, 0.15) is 0 Å². The lowest BCUT2D eigenvalue weighted by atomic mass is 10.2. The molecular weight excluding hydrogens is 364 g/mol. The van der Waals surface area contributed by atoms with Crippen molar-refractivity contribution in [1.82, 2.24) is 4.98 Å². The van der Waals surface area contributed by atoms with E-state index >= 15 is 0 Å². The van der Waals surface area contributed by atoms with E-state index in [4.69, 9.17) is 5.11 Å². The van der Waals surface area contributed by atoms with E-state index in [2.05, 4.69) is 42.2 Å². The molecule has 1 aromatic carbocycles. The maximum absolute atomic E-state index is 11.1. The number of halogens is 2. The van der Waals surface area contributed by atoms with E-state index in [9.17, 15) is 4.79 Å². The summed E-state index contributed by atoms with van der Waals surface area (Å²) >= 11 is 6.76. The van der Waals surface area contributed by atoms with Gasteiger partial charge in [0.05, 0.1) is 23.1 Å². The number of carboxylic acids is 1. The first-order valence-corrected chi connectivity index (χ1v) is 6.56. The summed E-state index contributed by atoms with van der Waals surface area (Å²) in [7, 11) is 0. The van der Waals surface area contributed by atoms with Crippen molar-refractivity contribution in [3.8, 4) is 0 Å². The van der Waals surface area contributed by atoms with Gasteiger partial charge in [0.15, 0.2) is 0 Å². The van der Waals surface area contributed by atoms with Gasteiger partial charge in [-0.25, -0.2) is 4.79 Å². The first-order valence-electron chi connectivity index (χ1n) is 4.97. The van der Waals surface area contributed by atoms with Crippen LogP contribution in [-0.4, -0.2) is 16.1 Å². The van der Waals surface area contributed by atoms with Crippen molar-refractivity contribution in [2.24, 2.45) is 0 Å². The fraction of sp³-hybridized carbons (Fsp3) is 0. The van der Waals surface area contributed by atoms with E-state index in [1.807, 2.05) is 18.2 Å². The van der Waals surface area contributed by atoms with Crippen molar-refractivity contribution in [2.75, 3.05) is 5.32 Å². The van der Waals surface area contributed by atoms with Crippen LogP contribution in [0, 0.1) is 0 Å². The van der Waals surface area contributed by atoms with Crippen LogP contribution in [0.15, 0.2) is 45.6 Å². The molecule has 2 N–H and O–H groups in total. The SMILES string of the molecule is O=C(O)c1ccncc1Nc1cc(Br)ccc1Br. The fourth-order valence-corrected chi connectivity index (χ4v) is 2.13. The number of rotatable bonds is 3. The Balaban J connectivity index is 2.40. The average molecular weight is 372 g/mol. The van der Waals surface area contributed by atoms with Gasteiger partial charge in [0.2, 0.25) is 0 Å². The van der Waals surface area contributed by atoms with E-state index in [-0.39, 0.29) is 5.56 Å². The minimum Gasteiger partial charge on any atom is -0.478 e. The summed E-state index contributed by atoms with van der Waals surface area (Å²) in [6, 6.07) is 7.05. The molecule has 0 fully saturated rings. The number of nitrogens with one attached hydrogen (secondary N) is 1. The highest BCUT2D eigenvalue weighted by Gasteiger charge is 2.11. The second-order valence-corrected chi connectivity index (χ2v) is 5.25. The normalized spacial score (nSPS) is 10.1. The number of carboxylic acid groups (broad SMARTS) is 1. The van der Waals surface area contributed by atoms with Crippen LogP contribution in [0.1, 0.15) is 10.4 Å². The van der Waals surface area contributed by atoms with Gasteiger partial charge in [0, 0.05) is 15.1 Å². The predicted molar refractivity (Wildman–Crippen MR) is 76.3 cm³/mol. The van der Waals surface area contributed by atoms with Crippen LogP contribution >= 0.6 is 31.9 Å². The first-order chi connectivity index (χ1) is 8.58. The van der Waals surface area contributed by atoms with Gasteiger partial charge in [-0.1, -0.05) is 15.9 Å². The molecule has 2 rings (SSSR count). The van der Waals surface area contributed by atoms with E-state index < -0.39 is 5.97 Å². The van der Waals surface area contributed by atoms with Crippen molar-refractivity contribution < 1.29 is 9.90 Å². The Morgan fingerprint density at radius 2 is 2.00 bits per heavy atom. The number of aromatic nitrogens is 1. The number of anilines is 2. The van der Waals surface area contributed by atoms with Crippen LogP contribution in [0.5, 0.6) is 0 Å². The molecule has 1 aromatic heterocycles. The lowest BCUT2D eigenvalue weighted by Gasteiger charge is -2.10. The zero-order valence-electron chi connectivity index (χ0n) is 9.02. The van der Waals surface area contributed by atoms with Crippen LogP contribution < -0.4 is 5.32 Å². The molecule has 0 bridgehead atoms. The van der Waals surface area contributed by atoms with Crippen molar-refractivity contribution in [3.63, 3.8) is 0 Å². The molecule has 0 aliphatic rings. The molecule has 0 unspecified atom stereocenters. The Labute approximate surface area is 120 Å². The highest BCUT2D eigenvalue weighted by atomic mass is 79.9. The number of aromatic carboxylic acids is 1. The standard InChI is InChI=1S/C12H8Br2N2O2/c13-7-1-2-9(14)10(5-7)16-11-6-15-4-3-8(11)12(17)18/h1-6,16H,(H,17,18). The molecule has 92 valence electrons. The zero-order chi connectivity index (χ0) is 13.1. The van der Waals surface area contributed by atoms with Gasteiger partial charge in [-0.15, -0.1) is 0 Å². The Hall–Kier alpha value is -1.40. The highest BCUT2D eigenvalue weighted by molar-refractivity contribution is 9.11. The number of hydrogen-bond donors (Lipinski definition) is 2. The molecule has 1 heterocycles. The molecular formula is C12H8Br2N2O2. The molecule has 4 nitrogen and oxygen atoms in total. The van der Waals surface area contributed by atoms with E-state index in [0.717, 1.165) is 14.6 Å². The predicted octanol–water partition coefficient (Wildman–Crippen LogP) is 4.05. The monoisotopic (exact) mass is 370 g/mol. The Kier molecular flexibility index (Phi) is 3.98. The summed E-state index contributed by atoms with van der Waals surface area (Å²) < 4.78 is 1.74. The van der Waals surface area contributed by atoms with Crippen molar-refractivity contribution in [1.29, 1.82) is 0 Å². The van der Waals surface area contributed by atoms with Crippen LogP contribution in [0.3, 0.4) is 0 Å². The summed E-state index contributed by atoms with van der Waals surface area (Å²) in [6.07, 6.45) is 2.93. The molecule has 0 aliphatic carbocycles. The molecule has 6 heteroatoms. The van der Waals surface area contributed by atoms with Gasteiger partial charge in [-0.3, -0.25) is 4.98 Å². The second kappa shape index (κ2) is 5.49. The van der Waals surface area contributed by atoms with Gasteiger partial charge >= 0.3 is 5.97 Å². The van der Waals surface area contributed by atoms with Crippen LogP contribution in [0.4, 0.5) is 11.4 Å². The van der Waals surface area contributed by atoms with Gasteiger partial charge < -0.3 is 10.4 Å². The summed E-state index contributed by atoms with van der Waals surface area (Å²) in [5, 5.41) is 12.1.